The van der Waals surface area contributed by atoms with Gasteiger partial charge in [0, 0.05) is 41.5 Å². The summed E-state index contributed by atoms with van der Waals surface area (Å²) in [5.41, 5.74) is -2.32. The minimum Gasteiger partial charge on any atom is -0.492 e. The number of ether oxygens (including phenoxy) is 1. The van der Waals surface area contributed by atoms with Gasteiger partial charge in [-0.25, -0.2) is 9.18 Å². The van der Waals surface area contributed by atoms with Crippen molar-refractivity contribution in [2.24, 2.45) is 0 Å². The highest BCUT2D eigenvalue weighted by atomic mass is 35.5. The predicted octanol–water partition coefficient (Wildman–Crippen LogP) is 7.53. The topological polar surface area (TPSA) is 110 Å². The average Bonchev–Trinajstić information content (AvgIpc) is 3.37. The van der Waals surface area contributed by atoms with Crippen LogP contribution in [0.5, 0.6) is 5.75 Å². The number of aromatic amines is 1. The summed E-state index contributed by atoms with van der Waals surface area (Å²) < 4.78 is 50.1. The van der Waals surface area contributed by atoms with Crippen molar-refractivity contribution in [1.82, 2.24) is 14.8 Å². The Morgan fingerprint density at radius 3 is 2.52 bits per heavy atom. The number of carbonyl (C=O) groups is 2. The Balaban J connectivity index is 1.63. The molecule has 0 spiro atoms. The number of nitrogens with one attached hydrogen (secondary N) is 1. The van der Waals surface area contributed by atoms with Crippen LogP contribution in [-0.2, 0) is 11.9 Å². The Morgan fingerprint density at radius 1 is 1.22 bits per heavy atom. The van der Waals surface area contributed by atoms with Crippen LogP contribution in [0.4, 0.5) is 23.7 Å². The highest BCUT2D eigenvalue weighted by Gasteiger charge is 2.42. The van der Waals surface area contributed by atoms with Crippen molar-refractivity contribution in [2.75, 3.05) is 31.6 Å². The molecule has 2 aliphatic heterocycles. The minimum absolute atomic E-state index is 0.0176. The summed E-state index contributed by atoms with van der Waals surface area (Å²) in [6.45, 7) is 2.84. The number of alkyl halides is 3. The van der Waals surface area contributed by atoms with Crippen LogP contribution < -0.4 is 15.2 Å². The lowest BCUT2D eigenvalue weighted by Crippen LogP contribution is -2.49. The summed E-state index contributed by atoms with van der Waals surface area (Å²) in [6.07, 6.45) is 0.248. The Bertz CT molecular complexity index is 1810. The smallest absolute Gasteiger partial charge is 0.362 e. The van der Waals surface area contributed by atoms with Gasteiger partial charge in [0.15, 0.2) is 11.6 Å². The van der Waals surface area contributed by atoms with E-state index in [2.05, 4.69) is 0 Å². The van der Waals surface area contributed by atoms with E-state index in [1.165, 1.54) is 30.2 Å². The van der Waals surface area contributed by atoms with Gasteiger partial charge < -0.3 is 19.5 Å². The second-order valence-electron chi connectivity index (χ2n) is 10.4. The van der Waals surface area contributed by atoms with Gasteiger partial charge in [0.05, 0.1) is 41.4 Å². The highest BCUT2D eigenvalue weighted by Crippen LogP contribution is 2.47. The lowest BCUT2D eigenvalue weighted by atomic mass is 9.99. The molecule has 3 amide bonds. The van der Waals surface area contributed by atoms with E-state index in [0.717, 1.165) is 11.0 Å². The van der Waals surface area contributed by atoms with E-state index in [1.807, 2.05) is 18.0 Å². The zero-order valence-electron chi connectivity index (χ0n) is 24.3. The SMILES string of the molecule is CCN1CCCN(c2cc3c(c(F)c2OC)[C@H](CC#N)N(C(=O)c2c(Sc4c(Cl)cccc4Cl)cc(C(F)(F)Cl)[nH]c2=O)C3)C1=O. The lowest BCUT2D eigenvalue weighted by molar-refractivity contribution is 0.0682. The van der Waals surface area contributed by atoms with Crippen LogP contribution in [0.3, 0.4) is 0 Å². The Kier molecular flexibility index (Phi) is 9.75. The van der Waals surface area contributed by atoms with Gasteiger partial charge in [0.1, 0.15) is 11.3 Å². The average molecular weight is 715 g/mol. The number of H-pyrrole nitrogens is 1. The summed E-state index contributed by atoms with van der Waals surface area (Å²) in [5, 5.41) is 5.94. The fourth-order valence-electron chi connectivity index (χ4n) is 5.64. The molecule has 0 aliphatic carbocycles. The number of benzene rings is 2. The monoisotopic (exact) mass is 713 g/mol. The first kappa shape index (κ1) is 33.8. The van der Waals surface area contributed by atoms with Crippen LogP contribution in [-0.4, -0.2) is 53.5 Å². The van der Waals surface area contributed by atoms with Crippen molar-refractivity contribution in [2.45, 2.75) is 47.5 Å². The molecule has 1 saturated heterocycles. The Hall–Kier alpha value is -3.57. The third-order valence-electron chi connectivity index (χ3n) is 7.76. The van der Waals surface area contributed by atoms with Crippen molar-refractivity contribution in [3.8, 4) is 11.8 Å². The minimum atomic E-state index is -4.00. The van der Waals surface area contributed by atoms with Crippen LogP contribution in [0.1, 0.15) is 53.0 Å². The van der Waals surface area contributed by atoms with Crippen molar-refractivity contribution < 1.29 is 27.5 Å². The molecular formula is C30H25Cl3F3N5O4S. The van der Waals surface area contributed by atoms with Gasteiger partial charge in [-0.15, -0.1) is 0 Å². The van der Waals surface area contributed by atoms with Crippen LogP contribution in [0.25, 0.3) is 0 Å². The molecule has 1 fully saturated rings. The summed E-state index contributed by atoms with van der Waals surface area (Å²) >= 11 is 18.5. The quantitative estimate of drug-likeness (QED) is 0.242. The van der Waals surface area contributed by atoms with E-state index < -0.39 is 40.0 Å². The number of anilines is 1. The number of pyridine rings is 1. The van der Waals surface area contributed by atoms with Gasteiger partial charge in [-0.1, -0.05) is 41.0 Å². The summed E-state index contributed by atoms with van der Waals surface area (Å²) in [7, 11) is 1.24. The molecule has 3 aromatic rings. The molecule has 2 aromatic carbocycles. The number of hydrogen-bond donors (Lipinski definition) is 1. The lowest BCUT2D eigenvalue weighted by Gasteiger charge is -2.36. The molecular weight excluding hydrogens is 690 g/mol. The zero-order valence-corrected chi connectivity index (χ0v) is 27.4. The molecule has 2 aliphatic rings. The van der Waals surface area contributed by atoms with Crippen LogP contribution in [0, 0.1) is 17.1 Å². The number of halogens is 6. The van der Waals surface area contributed by atoms with E-state index in [0.29, 0.717) is 37.8 Å². The number of aromatic nitrogens is 1. The van der Waals surface area contributed by atoms with E-state index in [4.69, 9.17) is 39.5 Å². The largest absolute Gasteiger partial charge is 0.492 e. The second kappa shape index (κ2) is 13.3. The van der Waals surface area contributed by atoms with E-state index >= 15 is 4.39 Å². The van der Waals surface area contributed by atoms with Crippen molar-refractivity contribution >= 4 is 64.2 Å². The number of rotatable bonds is 8. The molecule has 9 nitrogen and oxygen atoms in total. The van der Waals surface area contributed by atoms with Crippen LogP contribution in [0.2, 0.25) is 10.0 Å². The normalized spacial score (nSPS) is 16.5. The fraction of sp³-hybridized carbons (Fsp3) is 0.333. The first-order valence-electron chi connectivity index (χ1n) is 13.9. The van der Waals surface area contributed by atoms with Crippen molar-refractivity contribution in [3.05, 3.63) is 78.9 Å². The highest BCUT2D eigenvalue weighted by molar-refractivity contribution is 7.99. The standard InChI is InChI=1S/C30H25Cl3F3N5O4S/c1-3-39-10-5-11-40(29(39)44)19-12-15-14-41(18(8-9-37)22(15)24(34)25(19)45-2)28(43)23-20(13-21(30(33,35)36)38-27(23)42)46-26-16(31)6-4-7-17(26)32/h4,6-7,12-13,18H,3,5,8,10-11,14H2,1-2H3,(H,38,42)/t18-/m0/s1. The number of fused-ring (bicyclic) bond motifs is 1. The summed E-state index contributed by atoms with van der Waals surface area (Å²) in [6, 6.07) is 7.33. The molecule has 5 rings (SSSR count). The maximum Gasteiger partial charge on any atom is 0.362 e. The molecule has 1 N–H and O–H groups in total. The molecule has 0 saturated carbocycles. The van der Waals surface area contributed by atoms with E-state index in [9.17, 15) is 28.4 Å². The maximum atomic E-state index is 16.3. The molecule has 0 radical (unpaired) electrons. The van der Waals surface area contributed by atoms with Gasteiger partial charge in [-0.3, -0.25) is 14.5 Å². The third-order valence-corrected chi connectivity index (χ3v) is 10.00. The van der Waals surface area contributed by atoms with E-state index in [1.54, 1.807) is 11.0 Å². The summed E-state index contributed by atoms with van der Waals surface area (Å²) in [4.78, 5) is 46.8. The molecule has 46 heavy (non-hydrogen) atoms. The number of carbonyl (C=O) groups excluding carboxylic acids is 2. The van der Waals surface area contributed by atoms with Gasteiger partial charge in [0.2, 0.25) is 0 Å². The number of amides is 3. The number of urea groups is 1. The number of nitrogens with zero attached hydrogens (tertiary/aromatic N) is 4. The second-order valence-corrected chi connectivity index (χ2v) is 12.7. The molecule has 0 bridgehead atoms. The third kappa shape index (κ3) is 6.11. The Labute approximate surface area is 280 Å². The molecule has 1 aromatic heterocycles. The first-order chi connectivity index (χ1) is 21.8. The van der Waals surface area contributed by atoms with Crippen LogP contribution in [0.15, 0.2) is 44.9 Å². The molecule has 242 valence electrons. The van der Waals surface area contributed by atoms with Crippen molar-refractivity contribution in [1.29, 1.82) is 5.26 Å². The molecule has 1 atom stereocenters. The number of hydrogen-bond acceptors (Lipinski definition) is 6. The summed E-state index contributed by atoms with van der Waals surface area (Å²) in [5.74, 6) is -2.08. The zero-order chi connectivity index (χ0) is 33.5. The number of methoxy groups -OCH3 is 1. The van der Waals surface area contributed by atoms with Gasteiger partial charge >= 0.3 is 11.4 Å². The predicted molar refractivity (Wildman–Crippen MR) is 168 cm³/mol. The van der Waals surface area contributed by atoms with Crippen molar-refractivity contribution in [3.63, 3.8) is 0 Å². The van der Waals surface area contributed by atoms with Gasteiger partial charge in [-0.05, 0) is 54.8 Å². The van der Waals surface area contributed by atoms with Crippen LogP contribution >= 0.6 is 46.6 Å². The van der Waals surface area contributed by atoms with Gasteiger partial charge in [-0.2, -0.15) is 14.0 Å². The molecule has 0 unspecified atom stereocenters. The van der Waals surface area contributed by atoms with Gasteiger partial charge in [0.25, 0.3) is 11.5 Å². The van der Waals surface area contributed by atoms with E-state index in [-0.39, 0.29) is 61.4 Å². The fourth-order valence-corrected chi connectivity index (χ4v) is 7.38. The maximum absolute atomic E-state index is 16.3. The molecule has 16 heteroatoms. The Morgan fingerprint density at radius 2 is 1.91 bits per heavy atom. The molecule has 3 heterocycles. The number of nitriles is 1. The first-order valence-corrected chi connectivity index (χ1v) is 15.9.